The molecule has 15 heavy (non-hydrogen) atoms. The molecular formula is C13H18ClN. The second-order valence-electron chi connectivity index (χ2n) is 4.86. The molecule has 0 saturated heterocycles. The van der Waals surface area contributed by atoms with Gasteiger partial charge < -0.3 is 5.73 Å². The smallest absolute Gasteiger partial charge is 0.0438 e. The zero-order valence-corrected chi connectivity index (χ0v) is 10.3. The Morgan fingerprint density at radius 3 is 2.47 bits per heavy atom. The minimum atomic E-state index is 0.191. The molecule has 1 aliphatic rings. The number of halogens is 1. The monoisotopic (exact) mass is 223 g/mol. The second-order valence-corrected chi connectivity index (χ2v) is 5.27. The Morgan fingerprint density at radius 1 is 1.33 bits per heavy atom. The molecule has 3 unspecified atom stereocenters. The van der Waals surface area contributed by atoms with E-state index in [0.29, 0.717) is 5.92 Å². The van der Waals surface area contributed by atoms with Gasteiger partial charge in [-0.2, -0.15) is 0 Å². The van der Waals surface area contributed by atoms with Gasteiger partial charge in [0.05, 0.1) is 0 Å². The highest BCUT2D eigenvalue weighted by Crippen LogP contribution is 2.46. The molecular weight excluding hydrogens is 206 g/mol. The molecule has 1 fully saturated rings. The summed E-state index contributed by atoms with van der Waals surface area (Å²) in [6, 6.07) is 4.36. The van der Waals surface area contributed by atoms with E-state index < -0.39 is 0 Å². The van der Waals surface area contributed by atoms with Crippen molar-refractivity contribution in [1.29, 1.82) is 0 Å². The average molecular weight is 224 g/mol. The maximum Gasteiger partial charge on any atom is 0.0438 e. The van der Waals surface area contributed by atoms with Gasteiger partial charge in [-0.15, -0.1) is 0 Å². The lowest BCUT2D eigenvalue weighted by Crippen LogP contribution is -2.15. The first-order chi connectivity index (χ1) is 7.00. The highest BCUT2D eigenvalue weighted by molar-refractivity contribution is 6.31. The Bertz CT molecular complexity index is 386. The molecule has 0 heterocycles. The lowest BCUT2D eigenvalue weighted by molar-refractivity contribution is 0.590. The Labute approximate surface area is 96.6 Å². The molecule has 1 aliphatic carbocycles. The molecule has 0 amide bonds. The SMILES string of the molecule is Cc1cc(C(N)C2CC2C)c(C)cc1Cl. The van der Waals surface area contributed by atoms with Gasteiger partial charge in [0, 0.05) is 11.1 Å². The van der Waals surface area contributed by atoms with E-state index >= 15 is 0 Å². The molecule has 1 nitrogen and oxygen atoms in total. The molecule has 2 rings (SSSR count). The summed E-state index contributed by atoms with van der Waals surface area (Å²) in [5.74, 6) is 1.46. The molecule has 3 atom stereocenters. The Balaban J connectivity index is 2.31. The maximum atomic E-state index is 6.27. The Kier molecular flexibility index (Phi) is 2.78. The lowest BCUT2D eigenvalue weighted by atomic mass is 9.96. The van der Waals surface area contributed by atoms with Crippen LogP contribution < -0.4 is 5.73 Å². The van der Waals surface area contributed by atoms with Gasteiger partial charge in [0.2, 0.25) is 0 Å². The van der Waals surface area contributed by atoms with E-state index in [1.165, 1.54) is 17.5 Å². The van der Waals surface area contributed by atoms with E-state index in [0.717, 1.165) is 16.5 Å². The maximum absolute atomic E-state index is 6.27. The van der Waals surface area contributed by atoms with Crippen LogP contribution in [0, 0.1) is 25.7 Å². The molecule has 0 aromatic heterocycles. The summed E-state index contributed by atoms with van der Waals surface area (Å²) in [7, 11) is 0. The predicted molar refractivity (Wildman–Crippen MR) is 65.1 cm³/mol. The first-order valence-corrected chi connectivity index (χ1v) is 5.90. The molecule has 0 spiro atoms. The second kappa shape index (κ2) is 3.80. The van der Waals surface area contributed by atoms with Gasteiger partial charge in [-0.3, -0.25) is 0 Å². The Morgan fingerprint density at radius 2 is 1.93 bits per heavy atom. The first-order valence-electron chi connectivity index (χ1n) is 5.53. The predicted octanol–water partition coefficient (Wildman–Crippen LogP) is 3.61. The fourth-order valence-corrected chi connectivity index (χ4v) is 2.46. The Hall–Kier alpha value is -0.530. The number of hydrogen-bond donors (Lipinski definition) is 1. The summed E-state index contributed by atoms with van der Waals surface area (Å²) < 4.78 is 0. The van der Waals surface area contributed by atoms with Crippen LogP contribution in [-0.4, -0.2) is 0 Å². The molecule has 2 heteroatoms. The standard InChI is InChI=1S/C13H18ClN/c1-7-4-10(7)13(15)11-5-9(3)12(14)6-8(11)2/h5-7,10,13H,4,15H2,1-3H3. The van der Waals surface area contributed by atoms with Gasteiger partial charge in [-0.1, -0.05) is 24.6 Å². The average Bonchev–Trinajstić information content (AvgIpc) is 2.88. The van der Waals surface area contributed by atoms with Crippen molar-refractivity contribution < 1.29 is 0 Å². The van der Waals surface area contributed by atoms with Crippen LogP contribution in [-0.2, 0) is 0 Å². The van der Waals surface area contributed by atoms with Crippen molar-refractivity contribution in [1.82, 2.24) is 0 Å². The third kappa shape index (κ3) is 2.04. The summed E-state index contributed by atoms with van der Waals surface area (Å²) in [6.45, 7) is 6.39. The van der Waals surface area contributed by atoms with Gasteiger partial charge in [-0.25, -0.2) is 0 Å². The van der Waals surface area contributed by atoms with Crippen LogP contribution in [0.15, 0.2) is 12.1 Å². The van der Waals surface area contributed by atoms with Crippen LogP contribution in [0.5, 0.6) is 0 Å². The van der Waals surface area contributed by atoms with E-state index in [-0.39, 0.29) is 6.04 Å². The van der Waals surface area contributed by atoms with E-state index in [9.17, 15) is 0 Å². The van der Waals surface area contributed by atoms with Crippen molar-refractivity contribution in [3.05, 3.63) is 33.8 Å². The molecule has 1 saturated carbocycles. The van der Waals surface area contributed by atoms with Crippen molar-refractivity contribution in [2.75, 3.05) is 0 Å². The van der Waals surface area contributed by atoms with Crippen LogP contribution >= 0.6 is 11.6 Å². The van der Waals surface area contributed by atoms with Crippen LogP contribution in [0.2, 0.25) is 5.02 Å². The topological polar surface area (TPSA) is 26.0 Å². The molecule has 0 bridgehead atoms. The van der Waals surface area contributed by atoms with Gasteiger partial charge >= 0.3 is 0 Å². The lowest BCUT2D eigenvalue weighted by Gasteiger charge is -2.16. The third-order valence-electron chi connectivity index (χ3n) is 3.54. The minimum Gasteiger partial charge on any atom is -0.324 e. The fourth-order valence-electron chi connectivity index (χ4n) is 2.24. The van der Waals surface area contributed by atoms with Gasteiger partial charge in [0.15, 0.2) is 0 Å². The zero-order chi connectivity index (χ0) is 11.2. The summed E-state index contributed by atoms with van der Waals surface area (Å²) in [4.78, 5) is 0. The quantitative estimate of drug-likeness (QED) is 0.815. The van der Waals surface area contributed by atoms with Crippen molar-refractivity contribution in [2.24, 2.45) is 17.6 Å². The summed E-state index contributed by atoms with van der Waals surface area (Å²) in [5, 5.41) is 0.840. The van der Waals surface area contributed by atoms with Crippen LogP contribution in [0.3, 0.4) is 0 Å². The largest absolute Gasteiger partial charge is 0.324 e. The molecule has 2 N–H and O–H groups in total. The van der Waals surface area contributed by atoms with Crippen molar-refractivity contribution in [2.45, 2.75) is 33.2 Å². The van der Waals surface area contributed by atoms with E-state index in [1.54, 1.807) is 0 Å². The van der Waals surface area contributed by atoms with E-state index in [1.807, 2.05) is 13.0 Å². The zero-order valence-electron chi connectivity index (χ0n) is 9.55. The summed E-state index contributed by atoms with van der Waals surface area (Å²) in [6.07, 6.45) is 1.27. The number of aryl methyl sites for hydroxylation is 2. The van der Waals surface area contributed by atoms with Gasteiger partial charge in [0.1, 0.15) is 0 Å². The minimum absolute atomic E-state index is 0.191. The summed E-state index contributed by atoms with van der Waals surface area (Å²) in [5.41, 5.74) is 9.88. The van der Waals surface area contributed by atoms with E-state index in [2.05, 4.69) is 19.9 Å². The van der Waals surface area contributed by atoms with Crippen LogP contribution in [0.1, 0.15) is 36.1 Å². The molecule has 82 valence electrons. The van der Waals surface area contributed by atoms with Crippen molar-refractivity contribution in [3.63, 3.8) is 0 Å². The first kappa shape index (κ1) is 11.0. The molecule has 1 aromatic rings. The van der Waals surface area contributed by atoms with Gasteiger partial charge in [0.25, 0.3) is 0 Å². The van der Waals surface area contributed by atoms with Crippen LogP contribution in [0.25, 0.3) is 0 Å². The number of nitrogens with two attached hydrogens (primary N) is 1. The molecule has 0 radical (unpaired) electrons. The number of benzene rings is 1. The number of rotatable bonds is 2. The molecule has 1 aromatic carbocycles. The molecule has 0 aliphatic heterocycles. The third-order valence-corrected chi connectivity index (χ3v) is 3.95. The highest BCUT2D eigenvalue weighted by atomic mass is 35.5. The van der Waals surface area contributed by atoms with Crippen molar-refractivity contribution >= 4 is 11.6 Å². The normalized spacial score (nSPS) is 26.5. The summed E-state index contributed by atoms with van der Waals surface area (Å²) >= 11 is 6.07. The highest BCUT2D eigenvalue weighted by Gasteiger charge is 2.38. The number of hydrogen-bond acceptors (Lipinski definition) is 1. The fraction of sp³-hybridized carbons (Fsp3) is 0.538. The van der Waals surface area contributed by atoms with Crippen LogP contribution in [0.4, 0.5) is 0 Å². The van der Waals surface area contributed by atoms with Gasteiger partial charge in [-0.05, 0) is 54.9 Å². The van der Waals surface area contributed by atoms with E-state index in [4.69, 9.17) is 17.3 Å². The van der Waals surface area contributed by atoms with Crippen molar-refractivity contribution in [3.8, 4) is 0 Å².